The lowest BCUT2D eigenvalue weighted by Gasteiger charge is -2.01. The Morgan fingerprint density at radius 1 is 1.79 bits per heavy atom. The Hall–Kier alpha value is -1.70. The Labute approximate surface area is 80.2 Å². The van der Waals surface area contributed by atoms with E-state index in [0.29, 0.717) is 0 Å². The highest BCUT2D eigenvalue weighted by atomic mass is 16.9. The zero-order valence-corrected chi connectivity index (χ0v) is 8.12. The summed E-state index contributed by atoms with van der Waals surface area (Å²) in [7, 11) is 3.47. The number of ether oxygens (including phenoxy) is 1. The van der Waals surface area contributed by atoms with Crippen molar-refractivity contribution in [1.29, 1.82) is 0 Å². The molecule has 0 aliphatic rings. The molecular formula is C6H12N4O4. The van der Waals surface area contributed by atoms with E-state index >= 15 is 0 Å². The van der Waals surface area contributed by atoms with Crippen molar-refractivity contribution in [3.8, 4) is 0 Å². The standard InChI is InChI=1S/C6H11N3O.HNO3/c1-5(10-3)6-7-4-9(2)8-6;2-1(3)4/h4-5H,1-3H3;(H,2,3,4). The molecule has 8 nitrogen and oxygen atoms in total. The minimum atomic E-state index is -1.50. The molecule has 0 amide bonds. The molecule has 80 valence electrons. The van der Waals surface area contributed by atoms with Crippen molar-refractivity contribution in [3.63, 3.8) is 0 Å². The normalized spacial score (nSPS) is 11.4. The molecule has 0 saturated heterocycles. The summed E-state index contributed by atoms with van der Waals surface area (Å²) in [6, 6.07) is 0. The van der Waals surface area contributed by atoms with Gasteiger partial charge in [0, 0.05) is 14.2 Å². The van der Waals surface area contributed by atoms with Gasteiger partial charge in [-0.3, -0.25) is 4.68 Å². The number of hydrogen-bond donors (Lipinski definition) is 1. The molecule has 1 unspecified atom stereocenters. The fourth-order valence-corrected chi connectivity index (χ4v) is 0.648. The Bertz CT molecular complexity index is 283. The second-order valence-electron chi connectivity index (χ2n) is 2.39. The Morgan fingerprint density at radius 3 is 2.57 bits per heavy atom. The monoisotopic (exact) mass is 204 g/mol. The summed E-state index contributed by atoms with van der Waals surface area (Å²) in [5.41, 5.74) is 0. The van der Waals surface area contributed by atoms with E-state index in [1.54, 1.807) is 18.1 Å². The summed E-state index contributed by atoms with van der Waals surface area (Å²) >= 11 is 0. The first-order valence-electron chi connectivity index (χ1n) is 3.69. The molecule has 1 heterocycles. The van der Waals surface area contributed by atoms with E-state index in [1.165, 1.54) is 0 Å². The highest BCUT2D eigenvalue weighted by molar-refractivity contribution is 4.85. The van der Waals surface area contributed by atoms with Gasteiger partial charge in [0.1, 0.15) is 12.4 Å². The van der Waals surface area contributed by atoms with Crippen LogP contribution >= 0.6 is 0 Å². The average molecular weight is 204 g/mol. The summed E-state index contributed by atoms with van der Waals surface area (Å²) in [5, 5.41) is 17.7. The molecule has 0 aliphatic heterocycles. The maximum atomic E-state index is 8.36. The fourth-order valence-electron chi connectivity index (χ4n) is 0.648. The van der Waals surface area contributed by atoms with Gasteiger partial charge in [0.2, 0.25) is 0 Å². The molecule has 1 rings (SSSR count). The topological polar surface area (TPSA) is 103 Å². The number of aromatic nitrogens is 3. The van der Waals surface area contributed by atoms with Crippen LogP contribution in [0.1, 0.15) is 18.9 Å². The maximum Gasteiger partial charge on any atom is 0.291 e. The SMILES string of the molecule is COC(C)c1ncn(C)n1.O=[N+]([O-])O. The second kappa shape index (κ2) is 5.86. The van der Waals surface area contributed by atoms with Gasteiger partial charge in [0.05, 0.1) is 0 Å². The van der Waals surface area contributed by atoms with Crippen LogP contribution in [0.15, 0.2) is 6.33 Å². The molecule has 0 radical (unpaired) electrons. The highest BCUT2D eigenvalue weighted by Gasteiger charge is 2.06. The van der Waals surface area contributed by atoms with Crippen LogP contribution in [-0.4, -0.2) is 32.2 Å². The molecule has 0 aliphatic carbocycles. The van der Waals surface area contributed by atoms with Crippen LogP contribution in [0.25, 0.3) is 0 Å². The molecule has 0 fully saturated rings. The third kappa shape index (κ3) is 5.04. The Morgan fingerprint density at radius 2 is 2.29 bits per heavy atom. The van der Waals surface area contributed by atoms with Gasteiger partial charge in [0.25, 0.3) is 5.09 Å². The molecule has 1 aromatic heterocycles. The zero-order chi connectivity index (χ0) is 11.1. The van der Waals surface area contributed by atoms with Crippen LogP contribution in [0.2, 0.25) is 0 Å². The predicted octanol–water partition coefficient (Wildman–Crippen LogP) is 0.175. The van der Waals surface area contributed by atoms with Gasteiger partial charge in [0.15, 0.2) is 5.82 Å². The first-order chi connectivity index (χ1) is 6.47. The van der Waals surface area contributed by atoms with Crippen LogP contribution in [0.4, 0.5) is 0 Å². The first-order valence-corrected chi connectivity index (χ1v) is 3.69. The molecule has 1 aromatic rings. The van der Waals surface area contributed by atoms with Crippen molar-refractivity contribution in [2.75, 3.05) is 7.11 Å². The lowest BCUT2D eigenvalue weighted by molar-refractivity contribution is -0.742. The fraction of sp³-hybridized carbons (Fsp3) is 0.667. The largest absolute Gasteiger partial charge is 0.374 e. The van der Waals surface area contributed by atoms with Gasteiger partial charge >= 0.3 is 0 Å². The van der Waals surface area contributed by atoms with Gasteiger partial charge in [-0.25, -0.2) is 4.98 Å². The van der Waals surface area contributed by atoms with Crippen LogP contribution in [0.5, 0.6) is 0 Å². The van der Waals surface area contributed by atoms with Crippen LogP contribution < -0.4 is 0 Å². The highest BCUT2D eigenvalue weighted by Crippen LogP contribution is 2.07. The third-order valence-corrected chi connectivity index (χ3v) is 1.33. The molecule has 1 atom stereocenters. The number of nitrogens with zero attached hydrogens (tertiary/aromatic N) is 4. The maximum absolute atomic E-state index is 8.36. The number of aryl methyl sites for hydroxylation is 1. The Kier molecular flexibility index (Phi) is 5.15. The quantitative estimate of drug-likeness (QED) is 0.544. The summed E-state index contributed by atoms with van der Waals surface area (Å²) in [5.74, 6) is 0.727. The minimum Gasteiger partial charge on any atom is -0.374 e. The molecular weight excluding hydrogens is 192 g/mol. The molecule has 0 saturated carbocycles. The van der Waals surface area contributed by atoms with Crippen molar-refractivity contribution < 1.29 is 15.0 Å². The molecule has 0 spiro atoms. The third-order valence-electron chi connectivity index (χ3n) is 1.33. The first kappa shape index (κ1) is 12.3. The van der Waals surface area contributed by atoms with Gasteiger partial charge in [-0.15, -0.1) is 10.1 Å². The van der Waals surface area contributed by atoms with Crippen molar-refractivity contribution in [2.24, 2.45) is 7.05 Å². The van der Waals surface area contributed by atoms with Crippen molar-refractivity contribution in [3.05, 3.63) is 22.3 Å². The van der Waals surface area contributed by atoms with Crippen molar-refractivity contribution >= 4 is 0 Å². The van der Waals surface area contributed by atoms with E-state index in [-0.39, 0.29) is 6.10 Å². The lowest BCUT2D eigenvalue weighted by atomic mass is 10.4. The molecule has 14 heavy (non-hydrogen) atoms. The summed E-state index contributed by atoms with van der Waals surface area (Å²) < 4.78 is 6.67. The Balaban J connectivity index is 0.000000364. The van der Waals surface area contributed by atoms with E-state index < -0.39 is 5.09 Å². The average Bonchev–Trinajstić information content (AvgIpc) is 2.49. The number of hydrogen-bond acceptors (Lipinski definition) is 5. The van der Waals surface area contributed by atoms with Crippen LogP contribution in [0, 0.1) is 10.1 Å². The lowest BCUT2D eigenvalue weighted by Crippen LogP contribution is -1.99. The summed E-state index contributed by atoms with van der Waals surface area (Å²) in [6.07, 6.45) is 1.64. The van der Waals surface area contributed by atoms with Gasteiger partial charge in [-0.05, 0) is 6.92 Å². The number of methoxy groups -OCH3 is 1. The second-order valence-corrected chi connectivity index (χ2v) is 2.39. The van der Waals surface area contributed by atoms with Crippen molar-refractivity contribution in [2.45, 2.75) is 13.0 Å². The molecule has 0 aromatic carbocycles. The van der Waals surface area contributed by atoms with Gasteiger partial charge < -0.3 is 9.94 Å². The van der Waals surface area contributed by atoms with E-state index in [2.05, 4.69) is 10.1 Å². The van der Waals surface area contributed by atoms with E-state index in [1.807, 2.05) is 14.0 Å². The van der Waals surface area contributed by atoms with Crippen LogP contribution in [0.3, 0.4) is 0 Å². The molecule has 8 heteroatoms. The van der Waals surface area contributed by atoms with E-state index in [0.717, 1.165) is 5.82 Å². The zero-order valence-electron chi connectivity index (χ0n) is 8.12. The molecule has 0 bridgehead atoms. The predicted molar refractivity (Wildman–Crippen MR) is 45.2 cm³/mol. The van der Waals surface area contributed by atoms with Crippen molar-refractivity contribution in [1.82, 2.24) is 14.8 Å². The van der Waals surface area contributed by atoms with E-state index in [9.17, 15) is 0 Å². The smallest absolute Gasteiger partial charge is 0.291 e. The van der Waals surface area contributed by atoms with Gasteiger partial charge in [-0.2, -0.15) is 5.10 Å². The summed E-state index contributed by atoms with van der Waals surface area (Å²) in [6.45, 7) is 1.91. The minimum absolute atomic E-state index is 0.0128. The summed E-state index contributed by atoms with van der Waals surface area (Å²) in [4.78, 5) is 12.4. The van der Waals surface area contributed by atoms with Gasteiger partial charge in [-0.1, -0.05) is 0 Å². The number of rotatable bonds is 2. The molecule has 1 N–H and O–H groups in total. The van der Waals surface area contributed by atoms with Crippen LogP contribution in [-0.2, 0) is 11.8 Å². The van der Waals surface area contributed by atoms with E-state index in [4.69, 9.17) is 20.1 Å².